The van der Waals surface area contributed by atoms with Crippen LogP contribution in [0.15, 0.2) is 12.1 Å². The molecule has 5 N–H and O–H groups in total. The second-order valence-electron chi connectivity index (χ2n) is 4.04. The maximum Gasteiger partial charge on any atom is 0.121 e. The lowest BCUT2D eigenvalue weighted by molar-refractivity contribution is 0.466. The van der Waals surface area contributed by atoms with Crippen LogP contribution in [0.1, 0.15) is 35.6 Å². The number of hydrogen-bond acceptors (Lipinski definition) is 3. The molecule has 0 heterocycles. The van der Waals surface area contributed by atoms with Crippen molar-refractivity contribution in [3.8, 4) is 5.75 Å². The van der Waals surface area contributed by atoms with Gasteiger partial charge in [0.05, 0.1) is 0 Å². The minimum atomic E-state index is 0. The second-order valence-corrected chi connectivity index (χ2v) is 4.04. The molecule has 0 saturated heterocycles. The topological polar surface area (TPSA) is 72.3 Å². The number of benzene rings is 1. The van der Waals surface area contributed by atoms with Crippen molar-refractivity contribution in [1.29, 1.82) is 0 Å². The summed E-state index contributed by atoms with van der Waals surface area (Å²) in [7, 11) is 0. The number of halogens is 1. The first-order valence-electron chi connectivity index (χ1n) is 5.32. The zero-order valence-corrected chi connectivity index (χ0v) is 10.7. The Labute approximate surface area is 103 Å². The summed E-state index contributed by atoms with van der Waals surface area (Å²) < 4.78 is 0. The van der Waals surface area contributed by atoms with Gasteiger partial charge in [-0.3, -0.25) is 0 Å². The third-order valence-electron chi connectivity index (χ3n) is 2.66. The Hall–Kier alpha value is -0.770. The van der Waals surface area contributed by atoms with Gasteiger partial charge in [-0.05, 0) is 49.9 Å². The lowest BCUT2D eigenvalue weighted by Crippen LogP contribution is -2.12. The summed E-state index contributed by atoms with van der Waals surface area (Å²) in [5, 5.41) is 9.63. The van der Waals surface area contributed by atoms with Gasteiger partial charge in [-0.25, -0.2) is 0 Å². The quantitative estimate of drug-likeness (QED) is 0.760. The number of rotatable bonds is 4. The minimum absolute atomic E-state index is 0. The van der Waals surface area contributed by atoms with Crippen molar-refractivity contribution < 1.29 is 5.11 Å². The summed E-state index contributed by atoms with van der Waals surface area (Å²) in [6, 6.07) is 3.92. The van der Waals surface area contributed by atoms with Crippen LogP contribution in [0.2, 0.25) is 0 Å². The van der Waals surface area contributed by atoms with E-state index in [1.807, 2.05) is 26.0 Å². The van der Waals surface area contributed by atoms with Gasteiger partial charge in [0.15, 0.2) is 0 Å². The Balaban J connectivity index is 0.00000225. The number of phenolic OH excluding ortho intramolecular Hbond substituents is 1. The smallest absolute Gasteiger partial charge is 0.121 e. The van der Waals surface area contributed by atoms with Crippen LogP contribution in [0.5, 0.6) is 5.75 Å². The molecule has 1 aromatic carbocycles. The molecule has 0 aromatic heterocycles. The Morgan fingerprint density at radius 3 is 2.19 bits per heavy atom. The van der Waals surface area contributed by atoms with Gasteiger partial charge >= 0.3 is 0 Å². The molecule has 92 valence electrons. The van der Waals surface area contributed by atoms with Crippen LogP contribution in [0, 0.1) is 13.8 Å². The molecule has 4 heteroatoms. The van der Waals surface area contributed by atoms with Crippen LogP contribution in [0.25, 0.3) is 0 Å². The van der Waals surface area contributed by atoms with Crippen molar-refractivity contribution in [1.82, 2.24) is 0 Å². The van der Waals surface area contributed by atoms with Crippen molar-refractivity contribution in [3.63, 3.8) is 0 Å². The van der Waals surface area contributed by atoms with E-state index in [4.69, 9.17) is 11.5 Å². The van der Waals surface area contributed by atoms with E-state index in [1.54, 1.807) is 0 Å². The molecule has 0 bridgehead atoms. The molecule has 1 aromatic rings. The maximum atomic E-state index is 9.63. The molecule has 0 spiro atoms. The summed E-state index contributed by atoms with van der Waals surface area (Å²) in [5.74, 6) is 0.366. The predicted molar refractivity (Wildman–Crippen MR) is 70.0 cm³/mol. The van der Waals surface area contributed by atoms with Gasteiger partial charge in [0.25, 0.3) is 0 Å². The molecular formula is C12H21ClN2O. The van der Waals surface area contributed by atoms with Crippen molar-refractivity contribution in [3.05, 3.63) is 28.8 Å². The first-order chi connectivity index (χ1) is 7.06. The number of phenols is 1. The molecule has 3 nitrogen and oxygen atoms in total. The summed E-state index contributed by atoms with van der Waals surface area (Å²) in [6.07, 6.45) is 1.82. The van der Waals surface area contributed by atoms with Crippen molar-refractivity contribution >= 4 is 12.4 Å². The van der Waals surface area contributed by atoms with Crippen LogP contribution in [-0.2, 0) is 0 Å². The standard InChI is InChI=1S/C12H20N2O.ClH/c1-8-6-10(7-9(2)12(8)15)11(14)4-3-5-13;/h6-7,11,15H,3-5,13-14H2,1-2H3;1H/t11-;/m0./s1. The summed E-state index contributed by atoms with van der Waals surface area (Å²) in [5.41, 5.74) is 14.3. The molecule has 1 atom stereocenters. The van der Waals surface area contributed by atoms with Crippen LogP contribution in [0.3, 0.4) is 0 Å². The predicted octanol–water partition coefficient (Wildman–Crippen LogP) is 2.17. The molecule has 0 fully saturated rings. The Bertz CT molecular complexity index is 319. The van der Waals surface area contributed by atoms with E-state index in [2.05, 4.69) is 0 Å². The number of hydrogen-bond donors (Lipinski definition) is 3. The van der Waals surface area contributed by atoms with Crippen LogP contribution in [0.4, 0.5) is 0 Å². The van der Waals surface area contributed by atoms with Gasteiger partial charge in [-0.2, -0.15) is 0 Å². The average Bonchev–Trinajstić information content (AvgIpc) is 2.21. The van der Waals surface area contributed by atoms with E-state index >= 15 is 0 Å². The van der Waals surface area contributed by atoms with E-state index in [1.165, 1.54) is 0 Å². The third kappa shape index (κ3) is 3.67. The summed E-state index contributed by atoms with van der Waals surface area (Å²) >= 11 is 0. The highest BCUT2D eigenvalue weighted by Gasteiger charge is 2.09. The second kappa shape index (κ2) is 6.74. The van der Waals surface area contributed by atoms with Gasteiger partial charge in [-0.15, -0.1) is 12.4 Å². The van der Waals surface area contributed by atoms with Gasteiger partial charge in [0.2, 0.25) is 0 Å². The first-order valence-corrected chi connectivity index (χ1v) is 5.32. The van der Waals surface area contributed by atoms with Gasteiger partial charge in [-0.1, -0.05) is 12.1 Å². The Morgan fingerprint density at radius 1 is 1.25 bits per heavy atom. The van der Waals surface area contributed by atoms with Crippen LogP contribution in [-0.4, -0.2) is 11.7 Å². The lowest BCUT2D eigenvalue weighted by Gasteiger charge is -2.14. The van der Waals surface area contributed by atoms with Crippen molar-refractivity contribution in [2.24, 2.45) is 11.5 Å². The van der Waals surface area contributed by atoms with Crippen LogP contribution < -0.4 is 11.5 Å². The highest BCUT2D eigenvalue weighted by atomic mass is 35.5. The third-order valence-corrected chi connectivity index (χ3v) is 2.66. The number of aryl methyl sites for hydroxylation is 2. The van der Waals surface area contributed by atoms with E-state index in [0.717, 1.165) is 29.5 Å². The summed E-state index contributed by atoms with van der Waals surface area (Å²) in [6.45, 7) is 4.45. The Morgan fingerprint density at radius 2 is 1.75 bits per heavy atom. The van der Waals surface area contributed by atoms with E-state index < -0.39 is 0 Å². The number of aromatic hydroxyl groups is 1. The molecular weight excluding hydrogens is 224 g/mol. The van der Waals surface area contributed by atoms with Gasteiger partial charge in [0, 0.05) is 6.04 Å². The van der Waals surface area contributed by atoms with Crippen LogP contribution >= 0.6 is 12.4 Å². The van der Waals surface area contributed by atoms with Crippen molar-refractivity contribution in [2.45, 2.75) is 32.7 Å². The zero-order valence-electron chi connectivity index (χ0n) is 9.86. The molecule has 0 saturated carbocycles. The zero-order chi connectivity index (χ0) is 11.4. The van der Waals surface area contributed by atoms with E-state index in [9.17, 15) is 5.11 Å². The Kier molecular flexibility index (Phi) is 6.41. The molecule has 0 unspecified atom stereocenters. The fourth-order valence-corrected chi connectivity index (χ4v) is 1.71. The molecule has 0 radical (unpaired) electrons. The average molecular weight is 245 g/mol. The molecule has 0 aliphatic carbocycles. The largest absolute Gasteiger partial charge is 0.507 e. The fourth-order valence-electron chi connectivity index (χ4n) is 1.71. The fraction of sp³-hybridized carbons (Fsp3) is 0.500. The lowest BCUT2D eigenvalue weighted by atomic mass is 9.98. The normalized spacial score (nSPS) is 12.0. The molecule has 1 rings (SSSR count). The molecule has 0 aliphatic rings. The van der Waals surface area contributed by atoms with E-state index in [-0.39, 0.29) is 18.4 Å². The number of nitrogens with two attached hydrogens (primary N) is 2. The monoisotopic (exact) mass is 244 g/mol. The van der Waals surface area contributed by atoms with E-state index in [0.29, 0.717) is 12.3 Å². The van der Waals surface area contributed by atoms with Gasteiger partial charge in [0.1, 0.15) is 5.75 Å². The SMILES string of the molecule is Cc1cc([C@@H](N)CCCN)cc(C)c1O.Cl. The maximum absolute atomic E-state index is 9.63. The highest BCUT2D eigenvalue weighted by Crippen LogP contribution is 2.26. The molecule has 0 amide bonds. The molecule has 0 aliphatic heterocycles. The molecule has 16 heavy (non-hydrogen) atoms. The highest BCUT2D eigenvalue weighted by molar-refractivity contribution is 5.85. The van der Waals surface area contributed by atoms with Gasteiger partial charge < -0.3 is 16.6 Å². The van der Waals surface area contributed by atoms with Crippen molar-refractivity contribution in [2.75, 3.05) is 6.54 Å². The minimum Gasteiger partial charge on any atom is -0.507 e. The first kappa shape index (κ1) is 15.2. The summed E-state index contributed by atoms with van der Waals surface area (Å²) in [4.78, 5) is 0.